The van der Waals surface area contributed by atoms with Crippen LogP contribution in [0.25, 0.3) is 0 Å². The molecule has 114 valence electrons. The molecular formula is C14H25N3O3. The minimum atomic E-state index is -0.959. The molecule has 1 aliphatic heterocycles. The number of likely N-dealkylation sites (N-methyl/N-ethyl adjacent to an activating group) is 1. The lowest BCUT2D eigenvalue weighted by molar-refractivity contribution is -0.119. The molecule has 2 amide bonds. The second-order valence-corrected chi connectivity index (χ2v) is 6.26. The highest BCUT2D eigenvalue weighted by atomic mass is 16.4. The van der Waals surface area contributed by atoms with Gasteiger partial charge in [-0.3, -0.25) is 10.2 Å². The van der Waals surface area contributed by atoms with Gasteiger partial charge in [-0.2, -0.15) is 0 Å². The third kappa shape index (κ3) is 3.06. The number of carbonyl (C=O) groups is 2. The van der Waals surface area contributed by atoms with Crippen LogP contribution in [0.1, 0.15) is 51.9 Å². The Morgan fingerprint density at radius 2 is 2.15 bits per heavy atom. The van der Waals surface area contributed by atoms with Crippen LogP contribution in [0.5, 0.6) is 0 Å². The van der Waals surface area contributed by atoms with Gasteiger partial charge in [-0.1, -0.05) is 25.7 Å². The van der Waals surface area contributed by atoms with Gasteiger partial charge in [0.25, 0.3) is 0 Å². The first-order valence-electron chi connectivity index (χ1n) is 7.46. The lowest BCUT2D eigenvalue weighted by Crippen LogP contribution is -2.58. The number of hydrogen-bond acceptors (Lipinski definition) is 3. The topological polar surface area (TPSA) is 81.7 Å². The van der Waals surface area contributed by atoms with E-state index in [1.165, 1.54) is 30.6 Å². The molecular weight excluding hydrogens is 258 g/mol. The molecule has 1 saturated heterocycles. The minimum absolute atomic E-state index is 0.0536. The van der Waals surface area contributed by atoms with Gasteiger partial charge in [0, 0.05) is 13.5 Å². The Morgan fingerprint density at radius 3 is 2.65 bits per heavy atom. The highest BCUT2D eigenvalue weighted by Gasteiger charge is 2.45. The molecule has 6 heteroatoms. The van der Waals surface area contributed by atoms with Crippen molar-refractivity contribution in [2.24, 2.45) is 5.92 Å². The Kier molecular flexibility index (Phi) is 4.52. The fourth-order valence-corrected chi connectivity index (χ4v) is 3.48. The van der Waals surface area contributed by atoms with Gasteiger partial charge >= 0.3 is 6.09 Å². The van der Waals surface area contributed by atoms with E-state index in [0.717, 1.165) is 18.8 Å². The van der Waals surface area contributed by atoms with Gasteiger partial charge in [-0.15, -0.1) is 0 Å². The first-order chi connectivity index (χ1) is 9.44. The molecule has 0 aromatic heterocycles. The number of rotatable bonds is 5. The van der Waals surface area contributed by atoms with Crippen molar-refractivity contribution in [3.05, 3.63) is 0 Å². The van der Waals surface area contributed by atoms with Crippen molar-refractivity contribution in [2.45, 2.75) is 63.5 Å². The zero-order valence-electron chi connectivity index (χ0n) is 12.3. The molecule has 2 aliphatic rings. The molecule has 6 nitrogen and oxygen atoms in total. The molecule has 0 spiro atoms. The van der Waals surface area contributed by atoms with Crippen LogP contribution in [0, 0.1) is 5.92 Å². The number of hydrogen-bond donors (Lipinski definition) is 3. The van der Waals surface area contributed by atoms with Gasteiger partial charge in [0.2, 0.25) is 5.91 Å². The van der Waals surface area contributed by atoms with Crippen molar-refractivity contribution in [3.63, 3.8) is 0 Å². The third-order valence-electron chi connectivity index (χ3n) is 5.08. The van der Waals surface area contributed by atoms with Crippen LogP contribution in [-0.2, 0) is 4.79 Å². The van der Waals surface area contributed by atoms with Crippen LogP contribution in [0.3, 0.4) is 0 Å². The summed E-state index contributed by atoms with van der Waals surface area (Å²) in [6.07, 6.45) is 6.40. The first kappa shape index (κ1) is 15.1. The first-order valence-corrected chi connectivity index (χ1v) is 7.46. The summed E-state index contributed by atoms with van der Waals surface area (Å²) in [7, 11) is 1.56. The fourth-order valence-electron chi connectivity index (χ4n) is 3.48. The highest BCUT2D eigenvalue weighted by Crippen LogP contribution is 2.34. The number of carbonyl (C=O) groups excluding carboxylic acids is 1. The van der Waals surface area contributed by atoms with Crippen molar-refractivity contribution in [2.75, 3.05) is 7.05 Å². The molecule has 3 N–H and O–H groups in total. The quantitative estimate of drug-likeness (QED) is 0.717. The number of nitrogens with one attached hydrogen (secondary N) is 2. The van der Waals surface area contributed by atoms with Crippen molar-refractivity contribution in [3.8, 4) is 0 Å². The summed E-state index contributed by atoms with van der Waals surface area (Å²) in [6.45, 7) is 1.87. The maximum absolute atomic E-state index is 11.6. The van der Waals surface area contributed by atoms with Gasteiger partial charge in [0.05, 0.1) is 11.6 Å². The Hall–Kier alpha value is -1.30. The molecule has 0 bridgehead atoms. The van der Waals surface area contributed by atoms with Gasteiger partial charge in [0.1, 0.15) is 0 Å². The molecule has 0 aromatic carbocycles. The zero-order chi connectivity index (χ0) is 14.8. The number of nitrogens with zero attached hydrogens (tertiary/aromatic N) is 1. The SMILES string of the molecule is CC(N(C)C(=O)O)C1(CCC2CCCC2)CC(=O)NN1. The van der Waals surface area contributed by atoms with E-state index >= 15 is 0 Å². The van der Waals surface area contributed by atoms with E-state index < -0.39 is 11.6 Å². The third-order valence-corrected chi connectivity index (χ3v) is 5.08. The summed E-state index contributed by atoms with van der Waals surface area (Å²) < 4.78 is 0. The van der Waals surface area contributed by atoms with E-state index in [9.17, 15) is 9.59 Å². The van der Waals surface area contributed by atoms with Gasteiger partial charge in [-0.05, 0) is 25.7 Å². The Balaban J connectivity index is 2.04. The average molecular weight is 283 g/mol. The van der Waals surface area contributed by atoms with Crippen molar-refractivity contribution >= 4 is 12.0 Å². The summed E-state index contributed by atoms with van der Waals surface area (Å²) in [5.41, 5.74) is 5.25. The van der Waals surface area contributed by atoms with E-state index in [2.05, 4.69) is 10.9 Å². The van der Waals surface area contributed by atoms with E-state index in [-0.39, 0.29) is 11.9 Å². The second kappa shape index (κ2) is 5.99. The molecule has 2 unspecified atom stereocenters. The predicted octanol–water partition coefficient (Wildman–Crippen LogP) is 1.72. The van der Waals surface area contributed by atoms with Crippen molar-refractivity contribution in [1.29, 1.82) is 0 Å². The second-order valence-electron chi connectivity index (χ2n) is 6.26. The molecule has 0 radical (unpaired) electrons. The van der Waals surface area contributed by atoms with E-state index in [1.54, 1.807) is 7.05 Å². The predicted molar refractivity (Wildman–Crippen MR) is 75.1 cm³/mol. The largest absolute Gasteiger partial charge is 0.465 e. The summed E-state index contributed by atoms with van der Waals surface area (Å²) >= 11 is 0. The van der Waals surface area contributed by atoms with E-state index in [0.29, 0.717) is 6.42 Å². The fraction of sp³-hybridized carbons (Fsp3) is 0.857. The standard InChI is InChI=1S/C14H25N3O3/c1-10(17(2)13(19)20)14(9-12(18)15-16-14)8-7-11-5-3-4-6-11/h10-11,16H,3-9H2,1-2H3,(H,15,18)(H,19,20). The van der Waals surface area contributed by atoms with Crippen molar-refractivity contribution in [1.82, 2.24) is 15.8 Å². The van der Waals surface area contributed by atoms with Crippen LogP contribution in [0.2, 0.25) is 0 Å². The lowest BCUT2D eigenvalue weighted by Gasteiger charge is -2.39. The molecule has 1 heterocycles. The summed E-state index contributed by atoms with van der Waals surface area (Å²) in [6, 6.07) is -0.250. The highest BCUT2D eigenvalue weighted by molar-refractivity contribution is 5.79. The lowest BCUT2D eigenvalue weighted by atomic mass is 9.81. The Labute approximate surface area is 119 Å². The van der Waals surface area contributed by atoms with Crippen molar-refractivity contribution < 1.29 is 14.7 Å². The molecule has 2 fully saturated rings. The van der Waals surface area contributed by atoms with Crippen LogP contribution in [0.15, 0.2) is 0 Å². The molecule has 1 saturated carbocycles. The van der Waals surface area contributed by atoms with E-state index in [1.807, 2.05) is 6.92 Å². The maximum atomic E-state index is 11.6. The Morgan fingerprint density at radius 1 is 1.50 bits per heavy atom. The minimum Gasteiger partial charge on any atom is -0.465 e. The summed E-state index contributed by atoms with van der Waals surface area (Å²) in [5.74, 6) is 0.675. The number of amides is 2. The van der Waals surface area contributed by atoms with Crippen LogP contribution in [-0.4, -0.2) is 40.6 Å². The molecule has 1 aliphatic carbocycles. The Bertz CT molecular complexity index is 382. The van der Waals surface area contributed by atoms with Crippen LogP contribution in [0.4, 0.5) is 4.79 Å². The molecule has 2 rings (SSSR count). The monoisotopic (exact) mass is 283 g/mol. The summed E-state index contributed by atoms with van der Waals surface area (Å²) in [4.78, 5) is 24.1. The van der Waals surface area contributed by atoms with Gasteiger partial charge in [0.15, 0.2) is 0 Å². The van der Waals surface area contributed by atoms with Gasteiger partial charge < -0.3 is 10.0 Å². The number of carboxylic acid groups (broad SMARTS) is 1. The maximum Gasteiger partial charge on any atom is 0.407 e. The van der Waals surface area contributed by atoms with Gasteiger partial charge in [-0.25, -0.2) is 10.2 Å². The molecule has 0 aromatic rings. The average Bonchev–Trinajstić information content (AvgIpc) is 3.04. The normalized spacial score (nSPS) is 28.4. The smallest absolute Gasteiger partial charge is 0.407 e. The molecule has 2 atom stereocenters. The van der Waals surface area contributed by atoms with E-state index in [4.69, 9.17) is 5.11 Å². The van der Waals surface area contributed by atoms with Crippen LogP contribution < -0.4 is 10.9 Å². The molecule has 20 heavy (non-hydrogen) atoms. The van der Waals surface area contributed by atoms with Crippen LogP contribution >= 0.6 is 0 Å². The number of hydrazine groups is 1. The summed E-state index contributed by atoms with van der Waals surface area (Å²) in [5, 5.41) is 9.17. The zero-order valence-corrected chi connectivity index (χ0v) is 12.3.